The highest BCUT2D eigenvalue weighted by Gasteiger charge is 2.09. The monoisotopic (exact) mass is 307 g/mol. The van der Waals surface area contributed by atoms with E-state index in [2.05, 4.69) is 36.5 Å². The molecule has 2 aromatic carbocycles. The van der Waals surface area contributed by atoms with Crippen LogP contribution in [0, 0.1) is 0 Å². The molecule has 2 rings (SSSR count). The predicted molar refractivity (Wildman–Crippen MR) is 87.8 cm³/mol. The van der Waals surface area contributed by atoms with Gasteiger partial charge in [0.1, 0.15) is 0 Å². The minimum atomic E-state index is 0.419. The van der Waals surface area contributed by atoms with Crippen molar-refractivity contribution in [2.24, 2.45) is 0 Å². The van der Waals surface area contributed by atoms with E-state index in [1.54, 1.807) is 0 Å². The van der Waals surface area contributed by atoms with Crippen molar-refractivity contribution in [2.75, 3.05) is 6.54 Å². The lowest BCUT2D eigenvalue weighted by Gasteiger charge is -2.18. The molecule has 0 radical (unpaired) electrons. The first-order valence-electron chi connectivity index (χ1n) is 6.89. The van der Waals surface area contributed by atoms with Gasteiger partial charge in [-0.2, -0.15) is 0 Å². The number of nitrogens with one attached hydrogen (secondary N) is 1. The number of hydrogen-bond acceptors (Lipinski definition) is 1. The quantitative estimate of drug-likeness (QED) is 0.811. The van der Waals surface area contributed by atoms with Crippen LogP contribution in [-0.4, -0.2) is 12.6 Å². The van der Waals surface area contributed by atoms with Crippen molar-refractivity contribution in [1.82, 2.24) is 5.32 Å². The Bertz CT molecular complexity index is 472. The Labute approximate surface area is 130 Å². The lowest BCUT2D eigenvalue weighted by Crippen LogP contribution is -2.33. The fourth-order valence-electron chi connectivity index (χ4n) is 2.32. The summed E-state index contributed by atoms with van der Waals surface area (Å²) in [5, 5.41) is 5.11. The van der Waals surface area contributed by atoms with Crippen LogP contribution in [0.3, 0.4) is 0 Å². The van der Waals surface area contributed by atoms with Gasteiger partial charge in [-0.05, 0) is 54.8 Å². The molecular formula is C17H19Cl2N. The third-order valence-corrected chi connectivity index (χ3v) is 3.79. The zero-order chi connectivity index (χ0) is 14.4. The summed E-state index contributed by atoms with van der Waals surface area (Å²) in [5.41, 5.74) is 2.60. The second-order valence-electron chi connectivity index (χ2n) is 4.92. The Kier molecular flexibility index (Phi) is 5.90. The van der Waals surface area contributed by atoms with Crippen molar-refractivity contribution in [3.8, 4) is 0 Å². The highest BCUT2D eigenvalue weighted by Crippen LogP contribution is 2.15. The molecule has 106 valence electrons. The van der Waals surface area contributed by atoms with E-state index < -0.39 is 0 Å². The first kappa shape index (κ1) is 15.4. The molecule has 2 aromatic rings. The molecule has 3 heteroatoms. The smallest absolute Gasteiger partial charge is 0.0406 e. The first-order chi connectivity index (χ1) is 9.67. The predicted octanol–water partition coefficient (Wildman–Crippen LogP) is 4.76. The summed E-state index contributed by atoms with van der Waals surface area (Å²) >= 11 is 11.9. The number of rotatable bonds is 6. The average molecular weight is 308 g/mol. The molecule has 0 aromatic heterocycles. The van der Waals surface area contributed by atoms with Gasteiger partial charge in [0, 0.05) is 16.1 Å². The van der Waals surface area contributed by atoms with Crippen molar-refractivity contribution >= 4 is 23.2 Å². The molecule has 0 aliphatic rings. The van der Waals surface area contributed by atoms with Crippen LogP contribution in [-0.2, 0) is 12.8 Å². The summed E-state index contributed by atoms with van der Waals surface area (Å²) in [6.45, 7) is 3.10. The van der Waals surface area contributed by atoms with Crippen molar-refractivity contribution in [1.29, 1.82) is 0 Å². The van der Waals surface area contributed by atoms with E-state index in [0.29, 0.717) is 6.04 Å². The van der Waals surface area contributed by atoms with Gasteiger partial charge in [0.25, 0.3) is 0 Å². The van der Waals surface area contributed by atoms with Gasteiger partial charge in [0.05, 0.1) is 0 Å². The van der Waals surface area contributed by atoms with Gasteiger partial charge in [-0.1, -0.05) is 54.4 Å². The minimum Gasteiger partial charge on any atom is -0.314 e. The molecule has 1 N–H and O–H groups in total. The van der Waals surface area contributed by atoms with Crippen molar-refractivity contribution < 1.29 is 0 Å². The molecule has 0 aliphatic carbocycles. The summed E-state index contributed by atoms with van der Waals surface area (Å²) in [6.07, 6.45) is 1.99. The van der Waals surface area contributed by atoms with Crippen molar-refractivity contribution in [3.05, 3.63) is 69.7 Å². The van der Waals surface area contributed by atoms with Crippen molar-refractivity contribution in [3.63, 3.8) is 0 Å². The Balaban J connectivity index is 2.02. The molecule has 20 heavy (non-hydrogen) atoms. The van der Waals surface area contributed by atoms with Crippen LogP contribution >= 0.6 is 23.2 Å². The fraction of sp³-hybridized carbons (Fsp3) is 0.294. The Hall–Kier alpha value is -1.02. The van der Waals surface area contributed by atoms with Gasteiger partial charge in [-0.25, -0.2) is 0 Å². The summed E-state index contributed by atoms with van der Waals surface area (Å²) < 4.78 is 0. The Morgan fingerprint density at radius 3 is 1.55 bits per heavy atom. The Morgan fingerprint density at radius 2 is 1.20 bits per heavy atom. The topological polar surface area (TPSA) is 12.0 Å². The summed E-state index contributed by atoms with van der Waals surface area (Å²) in [6, 6.07) is 16.6. The molecular weight excluding hydrogens is 289 g/mol. The molecule has 0 amide bonds. The Morgan fingerprint density at radius 1 is 0.800 bits per heavy atom. The summed E-state index contributed by atoms with van der Waals surface area (Å²) in [5.74, 6) is 0. The molecule has 0 unspecified atom stereocenters. The van der Waals surface area contributed by atoms with Crippen LogP contribution < -0.4 is 5.32 Å². The maximum atomic E-state index is 5.93. The standard InChI is InChI=1S/C17H19Cl2N/c1-2-20-17(11-13-3-7-15(18)8-4-13)12-14-5-9-16(19)10-6-14/h3-10,17,20H,2,11-12H2,1H3. The van der Waals surface area contributed by atoms with Crippen LogP contribution in [0.15, 0.2) is 48.5 Å². The number of hydrogen-bond donors (Lipinski definition) is 1. The lowest BCUT2D eigenvalue weighted by atomic mass is 9.99. The number of halogens is 2. The van der Waals surface area contributed by atoms with Crippen LogP contribution in [0.1, 0.15) is 18.1 Å². The van der Waals surface area contributed by atoms with E-state index in [9.17, 15) is 0 Å². The average Bonchev–Trinajstić information content (AvgIpc) is 2.44. The zero-order valence-corrected chi connectivity index (χ0v) is 13.1. The highest BCUT2D eigenvalue weighted by molar-refractivity contribution is 6.30. The van der Waals surface area contributed by atoms with E-state index in [1.807, 2.05) is 24.3 Å². The normalized spacial score (nSPS) is 11.0. The zero-order valence-electron chi connectivity index (χ0n) is 11.6. The van der Waals surface area contributed by atoms with E-state index in [0.717, 1.165) is 29.4 Å². The molecule has 0 aliphatic heterocycles. The van der Waals surface area contributed by atoms with Crippen LogP contribution in [0.25, 0.3) is 0 Å². The van der Waals surface area contributed by atoms with Gasteiger partial charge < -0.3 is 5.32 Å². The largest absolute Gasteiger partial charge is 0.314 e. The second kappa shape index (κ2) is 7.68. The summed E-state index contributed by atoms with van der Waals surface area (Å²) in [4.78, 5) is 0. The van der Waals surface area contributed by atoms with Crippen LogP contribution in [0.4, 0.5) is 0 Å². The molecule has 0 bridgehead atoms. The minimum absolute atomic E-state index is 0.419. The maximum absolute atomic E-state index is 5.93. The van der Waals surface area contributed by atoms with Gasteiger partial charge in [0.15, 0.2) is 0 Å². The van der Waals surface area contributed by atoms with Gasteiger partial charge >= 0.3 is 0 Å². The molecule has 0 saturated carbocycles. The van der Waals surface area contributed by atoms with E-state index >= 15 is 0 Å². The van der Waals surface area contributed by atoms with Gasteiger partial charge in [-0.3, -0.25) is 0 Å². The number of benzene rings is 2. The first-order valence-corrected chi connectivity index (χ1v) is 7.65. The SMILES string of the molecule is CCNC(Cc1ccc(Cl)cc1)Cc1ccc(Cl)cc1. The van der Waals surface area contributed by atoms with Crippen LogP contribution in [0.5, 0.6) is 0 Å². The fourth-order valence-corrected chi connectivity index (χ4v) is 2.57. The van der Waals surface area contributed by atoms with Gasteiger partial charge in [0.2, 0.25) is 0 Å². The molecule has 0 saturated heterocycles. The maximum Gasteiger partial charge on any atom is 0.0406 e. The molecule has 1 nitrogen and oxygen atoms in total. The van der Waals surface area contributed by atoms with E-state index in [4.69, 9.17) is 23.2 Å². The van der Waals surface area contributed by atoms with Crippen LogP contribution in [0.2, 0.25) is 10.0 Å². The number of likely N-dealkylation sites (N-methyl/N-ethyl adjacent to an activating group) is 1. The molecule has 0 heterocycles. The molecule has 0 atom stereocenters. The van der Waals surface area contributed by atoms with Crippen molar-refractivity contribution in [2.45, 2.75) is 25.8 Å². The molecule has 0 spiro atoms. The third-order valence-electron chi connectivity index (χ3n) is 3.28. The third kappa shape index (κ3) is 4.82. The molecule has 0 fully saturated rings. The van der Waals surface area contributed by atoms with Gasteiger partial charge in [-0.15, -0.1) is 0 Å². The lowest BCUT2D eigenvalue weighted by molar-refractivity contribution is 0.521. The van der Waals surface area contributed by atoms with E-state index in [1.165, 1.54) is 11.1 Å². The van der Waals surface area contributed by atoms with E-state index in [-0.39, 0.29) is 0 Å². The highest BCUT2D eigenvalue weighted by atomic mass is 35.5. The second-order valence-corrected chi connectivity index (χ2v) is 5.79. The summed E-state index contributed by atoms with van der Waals surface area (Å²) in [7, 11) is 0.